The molecule has 2 N–H and O–H groups in total. The van der Waals surface area contributed by atoms with E-state index in [9.17, 15) is 4.39 Å². The standard InChI is InChI=1S/C24H31FN6O/c1-4-5-14-26-24(28-17-23-30-29-18(2)31(23)3)27-15-13-19-11-12-22(21(25)16-19)32-20-9-7-6-8-10-20/h6-12,16H,4-5,13-15,17H2,1-3H3,(H2,26,27,28). The van der Waals surface area contributed by atoms with Gasteiger partial charge in [-0.15, -0.1) is 10.2 Å². The molecule has 0 saturated heterocycles. The third-order valence-corrected chi connectivity index (χ3v) is 5.06. The van der Waals surface area contributed by atoms with Gasteiger partial charge in [0, 0.05) is 20.1 Å². The predicted octanol–water partition coefficient (Wildman–Crippen LogP) is 4.13. The molecule has 0 bridgehead atoms. The molecule has 8 heteroatoms. The van der Waals surface area contributed by atoms with E-state index in [0.29, 0.717) is 31.2 Å². The fourth-order valence-electron chi connectivity index (χ4n) is 3.02. The fourth-order valence-corrected chi connectivity index (χ4v) is 3.02. The zero-order valence-corrected chi connectivity index (χ0v) is 18.9. The van der Waals surface area contributed by atoms with Crippen LogP contribution in [0.4, 0.5) is 4.39 Å². The van der Waals surface area contributed by atoms with Crippen molar-refractivity contribution in [2.24, 2.45) is 12.0 Å². The van der Waals surface area contributed by atoms with E-state index >= 15 is 0 Å². The molecular formula is C24H31FN6O. The first-order valence-corrected chi connectivity index (χ1v) is 10.9. The molecule has 0 aliphatic carbocycles. The van der Waals surface area contributed by atoms with Gasteiger partial charge in [0.1, 0.15) is 18.1 Å². The van der Waals surface area contributed by atoms with E-state index in [1.165, 1.54) is 6.07 Å². The summed E-state index contributed by atoms with van der Waals surface area (Å²) < 4.78 is 22.0. The Morgan fingerprint density at radius 1 is 1.09 bits per heavy atom. The number of hydrogen-bond donors (Lipinski definition) is 2. The van der Waals surface area contributed by atoms with Crippen LogP contribution in [0.1, 0.15) is 37.0 Å². The maximum absolute atomic E-state index is 14.5. The maximum atomic E-state index is 14.5. The first-order valence-electron chi connectivity index (χ1n) is 10.9. The summed E-state index contributed by atoms with van der Waals surface area (Å²) in [5.41, 5.74) is 0.882. The van der Waals surface area contributed by atoms with Gasteiger partial charge >= 0.3 is 0 Å². The van der Waals surface area contributed by atoms with Crippen molar-refractivity contribution in [2.75, 3.05) is 13.1 Å². The lowest BCUT2D eigenvalue weighted by Crippen LogP contribution is -2.39. The van der Waals surface area contributed by atoms with Crippen molar-refractivity contribution in [3.63, 3.8) is 0 Å². The molecule has 0 atom stereocenters. The van der Waals surface area contributed by atoms with Crippen molar-refractivity contribution in [2.45, 2.75) is 39.7 Å². The molecular weight excluding hydrogens is 407 g/mol. The van der Waals surface area contributed by atoms with Crippen molar-refractivity contribution in [3.8, 4) is 11.5 Å². The predicted molar refractivity (Wildman–Crippen MR) is 124 cm³/mol. The lowest BCUT2D eigenvalue weighted by atomic mass is 10.1. The summed E-state index contributed by atoms with van der Waals surface area (Å²) in [6.45, 7) is 5.94. The van der Waals surface area contributed by atoms with E-state index in [1.807, 2.05) is 42.8 Å². The highest BCUT2D eigenvalue weighted by Gasteiger charge is 2.08. The molecule has 170 valence electrons. The summed E-state index contributed by atoms with van der Waals surface area (Å²) in [4.78, 5) is 4.63. The van der Waals surface area contributed by atoms with Gasteiger partial charge in [0.05, 0.1) is 0 Å². The van der Waals surface area contributed by atoms with E-state index in [4.69, 9.17) is 4.74 Å². The summed E-state index contributed by atoms with van der Waals surface area (Å²) >= 11 is 0. The number of aromatic nitrogens is 3. The number of benzene rings is 2. The minimum atomic E-state index is -0.376. The van der Waals surface area contributed by atoms with Crippen LogP contribution < -0.4 is 15.4 Å². The van der Waals surface area contributed by atoms with Crippen LogP contribution in [0.5, 0.6) is 11.5 Å². The molecule has 0 aliphatic rings. The van der Waals surface area contributed by atoms with Crippen LogP contribution in [0.15, 0.2) is 53.5 Å². The van der Waals surface area contributed by atoms with Crippen LogP contribution in [0.25, 0.3) is 0 Å². The van der Waals surface area contributed by atoms with Gasteiger partial charge in [0.2, 0.25) is 0 Å². The van der Waals surface area contributed by atoms with Gasteiger partial charge in [-0.1, -0.05) is 37.6 Å². The number of nitrogens with zero attached hydrogens (tertiary/aromatic N) is 4. The second kappa shape index (κ2) is 11.8. The van der Waals surface area contributed by atoms with Crippen LogP contribution in [-0.4, -0.2) is 33.8 Å². The highest BCUT2D eigenvalue weighted by Crippen LogP contribution is 2.25. The largest absolute Gasteiger partial charge is 0.454 e. The number of hydrogen-bond acceptors (Lipinski definition) is 4. The second-order valence-corrected chi connectivity index (χ2v) is 7.52. The van der Waals surface area contributed by atoms with Gasteiger partial charge in [-0.25, -0.2) is 9.38 Å². The average molecular weight is 439 g/mol. The Hall–Kier alpha value is -3.42. The van der Waals surface area contributed by atoms with Crippen molar-refractivity contribution in [1.29, 1.82) is 0 Å². The molecule has 0 spiro atoms. The van der Waals surface area contributed by atoms with Crippen molar-refractivity contribution >= 4 is 5.96 Å². The van der Waals surface area contributed by atoms with Crippen LogP contribution in [-0.2, 0) is 20.0 Å². The summed E-state index contributed by atoms with van der Waals surface area (Å²) in [6, 6.07) is 14.3. The van der Waals surface area contributed by atoms with E-state index in [2.05, 4.69) is 32.7 Å². The van der Waals surface area contributed by atoms with E-state index in [0.717, 1.165) is 36.6 Å². The third kappa shape index (κ3) is 6.80. The Kier molecular flexibility index (Phi) is 8.60. The van der Waals surface area contributed by atoms with Crippen molar-refractivity contribution in [3.05, 3.63) is 71.6 Å². The lowest BCUT2D eigenvalue weighted by Gasteiger charge is -2.13. The first-order chi connectivity index (χ1) is 15.6. The molecule has 0 amide bonds. The highest BCUT2D eigenvalue weighted by molar-refractivity contribution is 5.79. The fraction of sp³-hybridized carbons (Fsp3) is 0.375. The molecule has 32 heavy (non-hydrogen) atoms. The van der Waals surface area contributed by atoms with Crippen LogP contribution >= 0.6 is 0 Å². The Balaban J connectivity index is 1.56. The molecule has 3 rings (SSSR count). The lowest BCUT2D eigenvalue weighted by molar-refractivity contribution is 0.441. The maximum Gasteiger partial charge on any atom is 0.191 e. The van der Waals surface area contributed by atoms with Crippen LogP contribution in [0.2, 0.25) is 0 Å². The molecule has 0 aliphatic heterocycles. The van der Waals surface area contributed by atoms with E-state index in [1.54, 1.807) is 18.2 Å². The molecule has 0 radical (unpaired) electrons. The van der Waals surface area contributed by atoms with Crippen LogP contribution in [0.3, 0.4) is 0 Å². The number of aryl methyl sites for hydroxylation is 1. The van der Waals surface area contributed by atoms with E-state index in [-0.39, 0.29) is 11.6 Å². The number of rotatable bonds is 10. The number of ether oxygens (including phenoxy) is 1. The minimum absolute atomic E-state index is 0.218. The van der Waals surface area contributed by atoms with Crippen molar-refractivity contribution in [1.82, 2.24) is 25.4 Å². The van der Waals surface area contributed by atoms with Gasteiger partial charge < -0.3 is 19.9 Å². The Bertz CT molecular complexity index is 1020. The number of nitrogens with one attached hydrogen (secondary N) is 2. The monoisotopic (exact) mass is 438 g/mol. The molecule has 2 aromatic carbocycles. The summed E-state index contributed by atoms with van der Waals surface area (Å²) in [6.07, 6.45) is 2.80. The second-order valence-electron chi connectivity index (χ2n) is 7.52. The molecule has 1 aromatic heterocycles. The molecule has 1 heterocycles. The summed E-state index contributed by atoms with van der Waals surface area (Å²) in [5.74, 6) is 2.82. The zero-order valence-electron chi connectivity index (χ0n) is 18.9. The molecule has 7 nitrogen and oxygen atoms in total. The topological polar surface area (TPSA) is 76.4 Å². The third-order valence-electron chi connectivity index (χ3n) is 5.06. The number of unbranched alkanes of at least 4 members (excludes halogenated alkanes) is 1. The summed E-state index contributed by atoms with van der Waals surface area (Å²) in [7, 11) is 1.93. The SMILES string of the molecule is CCCCNC(=NCc1nnc(C)n1C)NCCc1ccc(Oc2ccccc2)c(F)c1. The number of halogens is 1. The Morgan fingerprint density at radius 2 is 1.88 bits per heavy atom. The molecule has 0 fully saturated rings. The van der Waals surface area contributed by atoms with Gasteiger partial charge in [-0.2, -0.15) is 0 Å². The van der Waals surface area contributed by atoms with Crippen LogP contribution in [0, 0.1) is 12.7 Å². The summed E-state index contributed by atoms with van der Waals surface area (Å²) in [5, 5.41) is 14.9. The number of aliphatic imine (C=N–C) groups is 1. The average Bonchev–Trinajstić information content (AvgIpc) is 3.12. The highest BCUT2D eigenvalue weighted by atomic mass is 19.1. The zero-order chi connectivity index (χ0) is 22.8. The van der Waals surface area contributed by atoms with Gasteiger partial charge in [0.25, 0.3) is 0 Å². The molecule has 3 aromatic rings. The van der Waals surface area contributed by atoms with E-state index < -0.39 is 0 Å². The first kappa shape index (κ1) is 23.2. The number of para-hydroxylation sites is 1. The van der Waals surface area contributed by atoms with Gasteiger partial charge in [-0.3, -0.25) is 0 Å². The quantitative estimate of drug-likeness (QED) is 0.283. The Labute approximate surface area is 188 Å². The minimum Gasteiger partial charge on any atom is -0.454 e. The van der Waals surface area contributed by atoms with Gasteiger partial charge in [0.15, 0.2) is 23.4 Å². The number of guanidine groups is 1. The van der Waals surface area contributed by atoms with Crippen molar-refractivity contribution < 1.29 is 9.13 Å². The van der Waals surface area contributed by atoms with Gasteiger partial charge in [-0.05, 0) is 49.6 Å². The molecule has 0 unspecified atom stereocenters. The normalized spacial score (nSPS) is 11.4. The Morgan fingerprint density at radius 3 is 2.56 bits per heavy atom. The molecule has 0 saturated carbocycles. The smallest absolute Gasteiger partial charge is 0.191 e.